The Hall–Kier alpha value is -1.57. The minimum absolute atomic E-state index is 0.0864. The Bertz CT molecular complexity index is 424. The third kappa shape index (κ3) is 4.74. The number of aliphatic hydroxyl groups is 1. The fraction of sp³-hybridized carbons (Fsp3) is 0.500. The molecule has 4 nitrogen and oxygen atoms in total. The van der Waals surface area contributed by atoms with Gasteiger partial charge >= 0.3 is 0 Å². The molecule has 0 amide bonds. The van der Waals surface area contributed by atoms with E-state index in [1.807, 2.05) is 26.8 Å². The highest BCUT2D eigenvalue weighted by Crippen LogP contribution is 2.19. The van der Waals surface area contributed by atoms with Crippen molar-refractivity contribution in [3.8, 4) is 11.8 Å². The number of hydrogen-bond acceptors (Lipinski definition) is 4. The molecule has 0 aromatic heterocycles. The SMILES string of the molecule is Cc1ccc(C#N)cc1OCC(O)COC(C)C. The summed E-state index contributed by atoms with van der Waals surface area (Å²) < 4.78 is 10.8. The molecule has 0 saturated heterocycles. The lowest BCUT2D eigenvalue weighted by molar-refractivity contribution is -0.0123. The molecule has 0 radical (unpaired) electrons. The predicted octanol–water partition coefficient (Wildman–Crippen LogP) is 2.03. The summed E-state index contributed by atoms with van der Waals surface area (Å²) in [6.45, 7) is 6.12. The summed E-state index contributed by atoms with van der Waals surface area (Å²) in [6, 6.07) is 7.29. The molecule has 1 rings (SSSR count). The van der Waals surface area contributed by atoms with Crippen molar-refractivity contribution in [1.29, 1.82) is 5.26 Å². The molecule has 1 unspecified atom stereocenters. The van der Waals surface area contributed by atoms with E-state index in [1.54, 1.807) is 12.1 Å². The molecule has 0 heterocycles. The van der Waals surface area contributed by atoms with Crippen molar-refractivity contribution in [2.75, 3.05) is 13.2 Å². The van der Waals surface area contributed by atoms with Crippen LogP contribution >= 0.6 is 0 Å². The van der Waals surface area contributed by atoms with Gasteiger partial charge in [0.2, 0.25) is 0 Å². The number of ether oxygens (including phenoxy) is 2. The molecule has 0 aliphatic carbocycles. The summed E-state index contributed by atoms with van der Waals surface area (Å²) in [7, 11) is 0. The second-order valence-corrected chi connectivity index (χ2v) is 4.44. The van der Waals surface area contributed by atoms with E-state index in [0.29, 0.717) is 11.3 Å². The topological polar surface area (TPSA) is 62.5 Å². The second kappa shape index (κ2) is 7.00. The van der Waals surface area contributed by atoms with Crippen LogP contribution in [0.15, 0.2) is 18.2 Å². The standard InChI is InChI=1S/C14H19NO3/c1-10(2)17-8-13(16)9-18-14-6-12(7-15)5-4-11(14)3/h4-6,10,13,16H,8-9H2,1-3H3. The van der Waals surface area contributed by atoms with Crippen molar-refractivity contribution >= 4 is 0 Å². The fourth-order valence-corrected chi connectivity index (χ4v) is 1.36. The number of nitrogens with zero attached hydrogens (tertiary/aromatic N) is 1. The van der Waals surface area contributed by atoms with Crippen molar-refractivity contribution in [2.24, 2.45) is 0 Å². The lowest BCUT2D eigenvalue weighted by Gasteiger charge is -2.15. The Kier molecular flexibility index (Phi) is 5.63. The molecule has 18 heavy (non-hydrogen) atoms. The fourth-order valence-electron chi connectivity index (χ4n) is 1.36. The quantitative estimate of drug-likeness (QED) is 0.838. The molecule has 0 spiro atoms. The van der Waals surface area contributed by atoms with Crippen molar-refractivity contribution in [1.82, 2.24) is 0 Å². The molecule has 0 aliphatic rings. The van der Waals surface area contributed by atoms with Crippen LogP contribution in [0.3, 0.4) is 0 Å². The van der Waals surface area contributed by atoms with E-state index in [-0.39, 0.29) is 19.3 Å². The number of nitriles is 1. The predicted molar refractivity (Wildman–Crippen MR) is 68.5 cm³/mol. The molecule has 0 bridgehead atoms. The zero-order valence-corrected chi connectivity index (χ0v) is 11.0. The lowest BCUT2D eigenvalue weighted by Crippen LogP contribution is -2.25. The van der Waals surface area contributed by atoms with Crippen LogP contribution in [0.4, 0.5) is 0 Å². The highest BCUT2D eigenvalue weighted by atomic mass is 16.5. The van der Waals surface area contributed by atoms with Gasteiger partial charge in [-0.1, -0.05) is 6.07 Å². The first kappa shape index (κ1) is 14.5. The van der Waals surface area contributed by atoms with Crippen LogP contribution in [0.25, 0.3) is 0 Å². The van der Waals surface area contributed by atoms with Crippen LogP contribution in [-0.2, 0) is 4.74 Å². The van der Waals surface area contributed by atoms with Gasteiger partial charge in [-0.3, -0.25) is 0 Å². The van der Waals surface area contributed by atoms with Crippen molar-refractivity contribution in [3.63, 3.8) is 0 Å². The lowest BCUT2D eigenvalue weighted by atomic mass is 10.1. The van der Waals surface area contributed by atoms with Crippen molar-refractivity contribution in [2.45, 2.75) is 33.0 Å². The van der Waals surface area contributed by atoms with E-state index >= 15 is 0 Å². The minimum Gasteiger partial charge on any atom is -0.490 e. The van der Waals surface area contributed by atoms with E-state index < -0.39 is 6.10 Å². The summed E-state index contributed by atoms with van der Waals surface area (Å²) in [4.78, 5) is 0. The van der Waals surface area contributed by atoms with Crippen LogP contribution in [0, 0.1) is 18.3 Å². The molecule has 1 aromatic carbocycles. The molecule has 1 atom stereocenters. The van der Waals surface area contributed by atoms with Gasteiger partial charge in [-0.2, -0.15) is 5.26 Å². The minimum atomic E-state index is -0.669. The first-order valence-corrected chi connectivity index (χ1v) is 5.96. The number of rotatable bonds is 6. The van der Waals surface area contributed by atoms with Crippen molar-refractivity contribution < 1.29 is 14.6 Å². The van der Waals surface area contributed by atoms with Gasteiger partial charge in [0.1, 0.15) is 18.5 Å². The third-order valence-corrected chi connectivity index (χ3v) is 2.37. The number of aliphatic hydroxyl groups excluding tert-OH is 1. The Balaban J connectivity index is 2.50. The van der Waals surface area contributed by atoms with E-state index in [9.17, 15) is 5.11 Å². The van der Waals surface area contributed by atoms with Crippen LogP contribution in [0.1, 0.15) is 25.0 Å². The van der Waals surface area contributed by atoms with Gasteiger partial charge in [-0.15, -0.1) is 0 Å². The van der Waals surface area contributed by atoms with E-state index in [4.69, 9.17) is 14.7 Å². The van der Waals surface area contributed by atoms with E-state index in [1.165, 1.54) is 0 Å². The normalized spacial score (nSPS) is 12.2. The van der Waals surface area contributed by atoms with Gasteiger partial charge in [0.05, 0.1) is 24.3 Å². The van der Waals surface area contributed by atoms with Gasteiger partial charge in [-0.25, -0.2) is 0 Å². The monoisotopic (exact) mass is 249 g/mol. The average Bonchev–Trinajstić information content (AvgIpc) is 2.35. The largest absolute Gasteiger partial charge is 0.490 e. The van der Waals surface area contributed by atoms with Gasteiger partial charge in [0.15, 0.2) is 0 Å². The van der Waals surface area contributed by atoms with Crippen molar-refractivity contribution in [3.05, 3.63) is 29.3 Å². The molecule has 98 valence electrons. The van der Waals surface area contributed by atoms with Gasteiger partial charge in [0, 0.05) is 0 Å². The summed E-state index contributed by atoms with van der Waals surface area (Å²) >= 11 is 0. The molecule has 0 aliphatic heterocycles. The average molecular weight is 249 g/mol. The molecule has 1 aromatic rings. The molecule has 0 fully saturated rings. The number of hydrogen-bond donors (Lipinski definition) is 1. The maximum Gasteiger partial charge on any atom is 0.123 e. The third-order valence-electron chi connectivity index (χ3n) is 2.37. The second-order valence-electron chi connectivity index (χ2n) is 4.44. The zero-order chi connectivity index (χ0) is 13.5. The summed E-state index contributed by atoms with van der Waals surface area (Å²) in [6.07, 6.45) is -0.583. The van der Waals surface area contributed by atoms with Gasteiger partial charge in [0.25, 0.3) is 0 Å². The Morgan fingerprint density at radius 1 is 1.33 bits per heavy atom. The highest BCUT2D eigenvalue weighted by Gasteiger charge is 2.08. The smallest absolute Gasteiger partial charge is 0.123 e. The molecule has 1 N–H and O–H groups in total. The summed E-state index contributed by atoms with van der Waals surface area (Å²) in [5.41, 5.74) is 1.48. The Morgan fingerprint density at radius 3 is 2.67 bits per heavy atom. The molecule has 0 saturated carbocycles. The Morgan fingerprint density at radius 2 is 2.06 bits per heavy atom. The van der Waals surface area contributed by atoms with E-state index in [2.05, 4.69) is 6.07 Å². The van der Waals surface area contributed by atoms with Gasteiger partial charge in [-0.05, 0) is 38.5 Å². The number of aryl methyl sites for hydroxylation is 1. The maximum absolute atomic E-state index is 9.66. The van der Waals surface area contributed by atoms with Crippen LogP contribution in [0.5, 0.6) is 5.75 Å². The van der Waals surface area contributed by atoms with Crippen LogP contribution in [-0.4, -0.2) is 30.5 Å². The van der Waals surface area contributed by atoms with Crippen LogP contribution < -0.4 is 4.74 Å². The van der Waals surface area contributed by atoms with Crippen LogP contribution in [0.2, 0.25) is 0 Å². The van der Waals surface area contributed by atoms with Gasteiger partial charge < -0.3 is 14.6 Å². The Labute approximate surface area is 108 Å². The highest BCUT2D eigenvalue weighted by molar-refractivity contribution is 5.41. The molecular formula is C14H19NO3. The molecule has 4 heteroatoms. The first-order chi connectivity index (χ1) is 8.52. The summed E-state index contributed by atoms with van der Waals surface area (Å²) in [5, 5.41) is 18.5. The summed E-state index contributed by atoms with van der Waals surface area (Å²) in [5.74, 6) is 0.623. The number of benzene rings is 1. The zero-order valence-electron chi connectivity index (χ0n) is 11.0. The first-order valence-electron chi connectivity index (χ1n) is 5.96. The van der Waals surface area contributed by atoms with E-state index in [0.717, 1.165) is 5.56 Å². The maximum atomic E-state index is 9.66. The molecular weight excluding hydrogens is 230 g/mol.